The second-order valence-electron chi connectivity index (χ2n) is 4.21. The van der Waals surface area contributed by atoms with E-state index in [9.17, 15) is 13.2 Å². The van der Waals surface area contributed by atoms with Gasteiger partial charge >= 0.3 is 6.18 Å². The van der Waals surface area contributed by atoms with E-state index in [1.54, 1.807) is 12.1 Å². The summed E-state index contributed by atoms with van der Waals surface area (Å²) in [4.78, 5) is -1.66. The fraction of sp³-hybridized carbons (Fsp3) is 0.200. The lowest BCUT2D eigenvalue weighted by Gasteiger charge is -2.15. The van der Waals surface area contributed by atoms with Crippen molar-refractivity contribution in [2.75, 3.05) is 6.61 Å². The summed E-state index contributed by atoms with van der Waals surface area (Å²) in [5.74, 6) is 0.415. The zero-order chi connectivity index (χ0) is 14.6. The van der Waals surface area contributed by atoms with Gasteiger partial charge in [0.25, 0.3) is 0 Å². The molecule has 0 fully saturated rings. The van der Waals surface area contributed by atoms with E-state index in [0.717, 1.165) is 11.1 Å². The largest absolute Gasteiger partial charge is 0.492 e. The van der Waals surface area contributed by atoms with Crippen LogP contribution in [0.25, 0.3) is 11.1 Å². The van der Waals surface area contributed by atoms with Gasteiger partial charge in [0.1, 0.15) is 17.2 Å². The van der Waals surface area contributed by atoms with E-state index in [-0.39, 0.29) is 0 Å². The molecular weight excluding hydrogens is 333 g/mol. The van der Waals surface area contributed by atoms with Gasteiger partial charge in [0.15, 0.2) is 0 Å². The van der Waals surface area contributed by atoms with Crippen LogP contribution in [-0.4, -0.2) is 17.6 Å². The van der Waals surface area contributed by atoms with Gasteiger partial charge in [0, 0.05) is 0 Å². The minimum atomic E-state index is -4.30. The van der Waals surface area contributed by atoms with Gasteiger partial charge in [-0.15, -0.1) is 0 Å². The van der Waals surface area contributed by atoms with Crippen LogP contribution in [0, 0.1) is 0 Å². The van der Waals surface area contributed by atoms with Gasteiger partial charge in [-0.3, -0.25) is 0 Å². The minimum absolute atomic E-state index is 0.415. The Balaban J connectivity index is 1.99. The lowest BCUT2D eigenvalue weighted by atomic mass is 10.1. The van der Waals surface area contributed by atoms with Crippen LogP contribution in [-0.2, 0) is 0 Å². The van der Waals surface area contributed by atoms with Gasteiger partial charge < -0.3 is 4.74 Å². The fourth-order valence-corrected chi connectivity index (χ4v) is 1.77. The Morgan fingerprint density at radius 3 is 2.00 bits per heavy atom. The highest BCUT2D eigenvalue weighted by Crippen LogP contribution is 2.27. The van der Waals surface area contributed by atoms with Gasteiger partial charge in [0.05, 0.1) is 0 Å². The number of rotatable bonds is 4. The summed E-state index contributed by atoms with van der Waals surface area (Å²) in [5.41, 5.74) is 2.04. The molecule has 1 nitrogen and oxygen atoms in total. The quantitative estimate of drug-likeness (QED) is 0.704. The molecule has 5 heteroatoms. The Morgan fingerprint density at radius 2 is 1.45 bits per heavy atom. The molecule has 2 aromatic carbocycles. The Morgan fingerprint density at radius 1 is 0.900 bits per heavy atom. The van der Waals surface area contributed by atoms with E-state index < -0.39 is 17.6 Å². The summed E-state index contributed by atoms with van der Waals surface area (Å²) in [7, 11) is 0. The molecule has 0 radical (unpaired) electrons. The Hall–Kier alpha value is -1.49. The molecule has 0 aromatic heterocycles. The molecule has 20 heavy (non-hydrogen) atoms. The number of benzene rings is 2. The summed E-state index contributed by atoms with van der Waals surface area (Å²) >= 11 is 2.56. The molecule has 0 amide bonds. The molecule has 0 N–H and O–H groups in total. The molecule has 0 aliphatic carbocycles. The van der Waals surface area contributed by atoms with Crippen LogP contribution in [0.1, 0.15) is 0 Å². The van der Waals surface area contributed by atoms with E-state index in [4.69, 9.17) is 4.74 Å². The number of alkyl halides is 4. The van der Waals surface area contributed by atoms with Gasteiger partial charge in [-0.05, 0) is 23.3 Å². The van der Waals surface area contributed by atoms with Crippen molar-refractivity contribution in [1.82, 2.24) is 0 Å². The summed E-state index contributed by atoms with van der Waals surface area (Å²) in [6, 6.07) is 16.7. The van der Waals surface area contributed by atoms with Crippen LogP contribution in [0.2, 0.25) is 0 Å². The van der Waals surface area contributed by atoms with Crippen LogP contribution in [0.3, 0.4) is 0 Å². The number of hydrogen-bond acceptors (Lipinski definition) is 1. The molecular formula is C15H12BrF3O. The third kappa shape index (κ3) is 4.00. The predicted octanol–water partition coefficient (Wildman–Crippen LogP) is 5.06. The second-order valence-corrected chi connectivity index (χ2v) is 5.32. The van der Waals surface area contributed by atoms with Gasteiger partial charge in [-0.2, -0.15) is 13.2 Å². The summed E-state index contributed by atoms with van der Waals surface area (Å²) in [6.45, 7) is -0.450. The Bertz CT molecular complexity index is 537. The molecule has 0 spiro atoms. The van der Waals surface area contributed by atoms with Crippen molar-refractivity contribution in [1.29, 1.82) is 0 Å². The molecule has 0 saturated heterocycles. The molecule has 0 bridgehead atoms. The zero-order valence-electron chi connectivity index (χ0n) is 10.4. The zero-order valence-corrected chi connectivity index (χ0v) is 12.0. The van der Waals surface area contributed by atoms with E-state index in [1.165, 1.54) is 0 Å². The number of hydrogen-bond donors (Lipinski definition) is 0. The topological polar surface area (TPSA) is 9.23 Å². The van der Waals surface area contributed by atoms with Crippen molar-refractivity contribution in [3.05, 3.63) is 54.6 Å². The average molecular weight is 345 g/mol. The lowest BCUT2D eigenvalue weighted by molar-refractivity contribution is -0.132. The average Bonchev–Trinajstić information content (AvgIpc) is 2.45. The highest BCUT2D eigenvalue weighted by Gasteiger charge is 2.38. The lowest BCUT2D eigenvalue weighted by Crippen LogP contribution is -2.28. The molecule has 0 aliphatic heterocycles. The maximum absolute atomic E-state index is 12.3. The summed E-state index contributed by atoms with van der Waals surface area (Å²) in [5, 5.41) is 0. The highest BCUT2D eigenvalue weighted by atomic mass is 79.9. The van der Waals surface area contributed by atoms with Gasteiger partial charge in [-0.1, -0.05) is 58.4 Å². The van der Waals surface area contributed by atoms with Crippen LogP contribution in [0.5, 0.6) is 5.75 Å². The van der Waals surface area contributed by atoms with Crippen molar-refractivity contribution in [3.63, 3.8) is 0 Å². The second kappa shape index (κ2) is 6.31. The van der Waals surface area contributed by atoms with Crippen molar-refractivity contribution in [3.8, 4) is 16.9 Å². The van der Waals surface area contributed by atoms with E-state index in [2.05, 4.69) is 15.9 Å². The number of ether oxygens (including phenoxy) is 1. The maximum Gasteiger partial charge on any atom is 0.404 e. The van der Waals surface area contributed by atoms with Crippen LogP contribution >= 0.6 is 15.9 Å². The molecule has 0 aliphatic rings. The Kier molecular flexibility index (Phi) is 4.70. The molecule has 1 atom stereocenters. The van der Waals surface area contributed by atoms with Crippen LogP contribution < -0.4 is 4.74 Å². The summed E-state index contributed by atoms with van der Waals surface area (Å²) in [6.07, 6.45) is -4.30. The SMILES string of the molecule is FC(F)(F)C(Br)COc1ccc(-c2ccccc2)cc1. The van der Waals surface area contributed by atoms with Gasteiger partial charge in [-0.25, -0.2) is 0 Å². The Labute approximate surface area is 123 Å². The molecule has 0 heterocycles. The summed E-state index contributed by atoms with van der Waals surface area (Å²) < 4.78 is 42.0. The third-order valence-corrected chi connectivity index (χ3v) is 3.50. The first-order valence-corrected chi connectivity index (χ1v) is 6.87. The van der Waals surface area contributed by atoms with Gasteiger partial charge in [0.2, 0.25) is 0 Å². The van der Waals surface area contributed by atoms with Crippen molar-refractivity contribution in [2.24, 2.45) is 0 Å². The molecule has 0 saturated carbocycles. The first-order chi connectivity index (χ1) is 9.47. The third-order valence-electron chi connectivity index (χ3n) is 2.71. The first kappa shape index (κ1) is 14.9. The molecule has 2 aromatic rings. The van der Waals surface area contributed by atoms with Crippen molar-refractivity contribution >= 4 is 15.9 Å². The first-order valence-electron chi connectivity index (χ1n) is 5.96. The minimum Gasteiger partial charge on any atom is -0.492 e. The van der Waals surface area contributed by atoms with E-state index >= 15 is 0 Å². The van der Waals surface area contributed by atoms with Crippen LogP contribution in [0.4, 0.5) is 13.2 Å². The normalized spacial score (nSPS) is 13.0. The monoisotopic (exact) mass is 344 g/mol. The number of halogens is 4. The molecule has 106 valence electrons. The smallest absolute Gasteiger partial charge is 0.404 e. The van der Waals surface area contributed by atoms with E-state index in [1.807, 2.05) is 42.5 Å². The van der Waals surface area contributed by atoms with Crippen molar-refractivity contribution in [2.45, 2.75) is 11.0 Å². The predicted molar refractivity (Wildman–Crippen MR) is 76.1 cm³/mol. The maximum atomic E-state index is 12.3. The standard InChI is InChI=1S/C15H12BrF3O/c16-14(15(17,18)19)10-20-13-8-6-12(7-9-13)11-4-2-1-3-5-11/h1-9,14H,10H2. The molecule has 1 unspecified atom stereocenters. The fourth-order valence-electron chi connectivity index (χ4n) is 1.64. The van der Waals surface area contributed by atoms with E-state index in [0.29, 0.717) is 5.75 Å². The van der Waals surface area contributed by atoms with Crippen LogP contribution in [0.15, 0.2) is 54.6 Å². The highest BCUT2D eigenvalue weighted by molar-refractivity contribution is 9.09. The van der Waals surface area contributed by atoms with Crippen molar-refractivity contribution < 1.29 is 17.9 Å². The molecule has 2 rings (SSSR count).